The monoisotopic (exact) mass is 375 g/mol. The molecule has 0 atom stereocenters. The molecule has 3 aromatic carbocycles. The summed E-state index contributed by atoms with van der Waals surface area (Å²) < 4.78 is 20.9. The van der Waals surface area contributed by atoms with Crippen LogP contribution in [-0.2, 0) is 13.1 Å². The number of rotatable bonds is 6. The van der Waals surface area contributed by atoms with E-state index in [2.05, 4.69) is 28.9 Å². The van der Waals surface area contributed by atoms with E-state index in [0.717, 1.165) is 39.4 Å². The highest BCUT2D eigenvalue weighted by Gasteiger charge is 2.13. The molecule has 0 aliphatic carbocycles. The molecular formula is C23H22FN3O. The van der Waals surface area contributed by atoms with Crippen LogP contribution in [-0.4, -0.2) is 16.7 Å². The first-order valence-electron chi connectivity index (χ1n) is 9.22. The highest BCUT2D eigenvalue weighted by molar-refractivity contribution is 5.82. The van der Waals surface area contributed by atoms with Crippen LogP contribution >= 0.6 is 0 Å². The highest BCUT2D eigenvalue weighted by atomic mass is 19.1. The number of nitrogens with one attached hydrogen (secondary N) is 1. The molecule has 0 aliphatic heterocycles. The Hall–Kier alpha value is -3.34. The summed E-state index contributed by atoms with van der Waals surface area (Å²) in [6.07, 6.45) is 0. The number of benzene rings is 3. The van der Waals surface area contributed by atoms with Gasteiger partial charge in [0.05, 0.1) is 24.7 Å². The average Bonchev–Trinajstić information content (AvgIpc) is 3.07. The van der Waals surface area contributed by atoms with E-state index in [4.69, 9.17) is 9.72 Å². The fourth-order valence-corrected chi connectivity index (χ4v) is 3.38. The van der Waals surface area contributed by atoms with E-state index < -0.39 is 0 Å². The normalized spacial score (nSPS) is 11.0. The van der Waals surface area contributed by atoms with Crippen LogP contribution in [0.5, 0.6) is 5.75 Å². The molecule has 0 bridgehead atoms. The van der Waals surface area contributed by atoms with E-state index in [-0.39, 0.29) is 5.82 Å². The molecule has 0 saturated carbocycles. The number of ether oxygens (including phenoxy) is 1. The van der Waals surface area contributed by atoms with Crippen LogP contribution in [0.15, 0.2) is 66.7 Å². The van der Waals surface area contributed by atoms with Crippen molar-refractivity contribution < 1.29 is 9.13 Å². The van der Waals surface area contributed by atoms with Crippen molar-refractivity contribution in [2.75, 3.05) is 12.4 Å². The van der Waals surface area contributed by atoms with Gasteiger partial charge in [-0.15, -0.1) is 0 Å². The second-order valence-corrected chi connectivity index (χ2v) is 6.76. The van der Waals surface area contributed by atoms with Gasteiger partial charge < -0.3 is 14.6 Å². The van der Waals surface area contributed by atoms with Crippen LogP contribution in [0.2, 0.25) is 0 Å². The first-order chi connectivity index (χ1) is 13.7. The number of halogens is 1. The van der Waals surface area contributed by atoms with E-state index in [9.17, 15) is 4.39 Å². The predicted molar refractivity (Wildman–Crippen MR) is 110 cm³/mol. The molecule has 0 saturated heterocycles. The van der Waals surface area contributed by atoms with Gasteiger partial charge in [-0.1, -0.05) is 42.5 Å². The number of hydrogen-bond donors (Lipinski definition) is 1. The summed E-state index contributed by atoms with van der Waals surface area (Å²) in [5, 5.41) is 3.45. The third-order valence-electron chi connectivity index (χ3n) is 4.86. The Labute approximate surface area is 163 Å². The number of fused-ring (bicyclic) bond motifs is 1. The van der Waals surface area contributed by atoms with Gasteiger partial charge in [0.1, 0.15) is 11.6 Å². The minimum atomic E-state index is -0.232. The van der Waals surface area contributed by atoms with E-state index >= 15 is 0 Å². The van der Waals surface area contributed by atoms with Gasteiger partial charge in [0.15, 0.2) is 0 Å². The molecule has 0 radical (unpaired) electrons. The Kier molecular flexibility index (Phi) is 4.98. The topological polar surface area (TPSA) is 39.1 Å². The molecular weight excluding hydrogens is 353 g/mol. The Bertz CT molecular complexity index is 1100. The summed E-state index contributed by atoms with van der Waals surface area (Å²) in [7, 11) is 1.67. The molecule has 0 amide bonds. The van der Waals surface area contributed by atoms with Crippen LogP contribution < -0.4 is 10.1 Å². The zero-order chi connectivity index (χ0) is 19.5. The van der Waals surface area contributed by atoms with Gasteiger partial charge in [-0.2, -0.15) is 0 Å². The lowest BCUT2D eigenvalue weighted by molar-refractivity contribution is 0.410. The van der Waals surface area contributed by atoms with Crippen LogP contribution in [0, 0.1) is 12.7 Å². The summed E-state index contributed by atoms with van der Waals surface area (Å²) in [4.78, 5) is 4.83. The summed E-state index contributed by atoms with van der Waals surface area (Å²) in [5.41, 5.74) is 5.21. The van der Waals surface area contributed by atoms with E-state index in [1.807, 2.05) is 30.3 Å². The lowest BCUT2D eigenvalue weighted by Crippen LogP contribution is -2.09. The van der Waals surface area contributed by atoms with Crippen LogP contribution in [0.1, 0.15) is 16.7 Å². The number of anilines is 1. The fourth-order valence-electron chi connectivity index (χ4n) is 3.38. The predicted octanol–water partition coefficient (Wildman–Crippen LogP) is 5.15. The Morgan fingerprint density at radius 2 is 1.79 bits per heavy atom. The number of aromatic nitrogens is 2. The molecule has 0 spiro atoms. The molecule has 5 heteroatoms. The maximum Gasteiger partial charge on any atom is 0.204 e. The zero-order valence-electron chi connectivity index (χ0n) is 15.9. The van der Waals surface area contributed by atoms with Gasteiger partial charge in [0, 0.05) is 12.1 Å². The third kappa shape index (κ3) is 3.56. The van der Waals surface area contributed by atoms with Gasteiger partial charge >= 0.3 is 0 Å². The van der Waals surface area contributed by atoms with Crippen molar-refractivity contribution in [3.63, 3.8) is 0 Å². The maximum absolute atomic E-state index is 13.3. The minimum absolute atomic E-state index is 0.232. The molecule has 142 valence electrons. The average molecular weight is 375 g/mol. The second kappa shape index (κ2) is 7.72. The molecule has 4 aromatic rings. The number of imidazole rings is 1. The summed E-state index contributed by atoms with van der Waals surface area (Å²) >= 11 is 0. The summed E-state index contributed by atoms with van der Waals surface area (Å²) in [5.74, 6) is 1.39. The van der Waals surface area contributed by atoms with Crippen molar-refractivity contribution in [1.82, 2.24) is 9.55 Å². The molecule has 1 aromatic heterocycles. The first kappa shape index (κ1) is 18.0. The summed E-state index contributed by atoms with van der Waals surface area (Å²) in [6.45, 7) is 3.26. The SMILES string of the molecule is COc1ccccc1CNc1nc2c(C)cccc2n1Cc1ccc(F)cc1. The lowest BCUT2D eigenvalue weighted by Gasteiger charge is -2.13. The second-order valence-electron chi connectivity index (χ2n) is 6.76. The largest absolute Gasteiger partial charge is 0.496 e. The molecule has 28 heavy (non-hydrogen) atoms. The van der Waals surface area contributed by atoms with Gasteiger partial charge in [-0.3, -0.25) is 0 Å². The molecule has 1 N–H and O–H groups in total. The van der Waals surface area contributed by atoms with E-state index in [0.29, 0.717) is 13.1 Å². The van der Waals surface area contributed by atoms with Gasteiger partial charge in [-0.25, -0.2) is 9.37 Å². The number of hydrogen-bond acceptors (Lipinski definition) is 3. The zero-order valence-corrected chi connectivity index (χ0v) is 15.9. The van der Waals surface area contributed by atoms with Crippen molar-refractivity contribution in [2.24, 2.45) is 0 Å². The van der Waals surface area contributed by atoms with Gasteiger partial charge in [-0.05, 0) is 42.3 Å². The maximum atomic E-state index is 13.3. The van der Waals surface area contributed by atoms with E-state index in [1.165, 1.54) is 12.1 Å². The molecule has 0 fully saturated rings. The number of aryl methyl sites for hydroxylation is 1. The molecule has 4 nitrogen and oxygen atoms in total. The molecule has 4 rings (SSSR count). The molecule has 0 aliphatic rings. The minimum Gasteiger partial charge on any atom is -0.496 e. The molecule has 0 unspecified atom stereocenters. The van der Waals surface area contributed by atoms with Crippen molar-refractivity contribution in [1.29, 1.82) is 0 Å². The number of methoxy groups -OCH3 is 1. The smallest absolute Gasteiger partial charge is 0.204 e. The number of para-hydroxylation sites is 2. The standard InChI is InChI=1S/C23H22FN3O/c1-16-6-5-8-20-22(16)26-23(25-14-18-7-3-4-9-21(18)28-2)27(20)15-17-10-12-19(24)13-11-17/h3-13H,14-15H2,1-2H3,(H,25,26). The Morgan fingerprint density at radius 1 is 1.00 bits per heavy atom. The van der Waals surface area contributed by atoms with Crippen LogP contribution in [0.3, 0.4) is 0 Å². The van der Waals surface area contributed by atoms with Crippen LogP contribution in [0.4, 0.5) is 10.3 Å². The quantitative estimate of drug-likeness (QED) is 0.506. The Morgan fingerprint density at radius 3 is 2.57 bits per heavy atom. The van der Waals surface area contributed by atoms with Crippen molar-refractivity contribution >= 4 is 17.0 Å². The van der Waals surface area contributed by atoms with E-state index in [1.54, 1.807) is 19.2 Å². The van der Waals surface area contributed by atoms with Crippen molar-refractivity contribution in [3.05, 3.63) is 89.2 Å². The first-order valence-corrected chi connectivity index (χ1v) is 9.22. The van der Waals surface area contributed by atoms with Crippen LogP contribution in [0.25, 0.3) is 11.0 Å². The lowest BCUT2D eigenvalue weighted by atomic mass is 10.2. The summed E-state index contributed by atoms with van der Waals surface area (Å²) in [6, 6.07) is 20.7. The van der Waals surface area contributed by atoms with Crippen molar-refractivity contribution in [3.8, 4) is 5.75 Å². The van der Waals surface area contributed by atoms with Gasteiger partial charge in [0.2, 0.25) is 5.95 Å². The van der Waals surface area contributed by atoms with Gasteiger partial charge in [0.25, 0.3) is 0 Å². The Balaban J connectivity index is 1.70. The molecule has 1 heterocycles. The fraction of sp³-hybridized carbons (Fsp3) is 0.174. The van der Waals surface area contributed by atoms with Crippen molar-refractivity contribution in [2.45, 2.75) is 20.0 Å². The number of nitrogens with zero attached hydrogens (tertiary/aromatic N) is 2. The third-order valence-corrected chi connectivity index (χ3v) is 4.86. The highest BCUT2D eigenvalue weighted by Crippen LogP contribution is 2.25.